The van der Waals surface area contributed by atoms with E-state index >= 15 is 0 Å². The van der Waals surface area contributed by atoms with Crippen LogP contribution in [0.3, 0.4) is 0 Å². The number of nitrogens with one attached hydrogen (secondary N) is 1. The summed E-state index contributed by atoms with van der Waals surface area (Å²) in [6.45, 7) is 0.316. The molecule has 0 aliphatic carbocycles. The van der Waals surface area contributed by atoms with Gasteiger partial charge in [0.1, 0.15) is 0 Å². The van der Waals surface area contributed by atoms with E-state index in [1.165, 1.54) is 48.3 Å². The van der Waals surface area contributed by atoms with E-state index in [-0.39, 0.29) is 4.90 Å². The van der Waals surface area contributed by atoms with Crippen molar-refractivity contribution in [3.05, 3.63) is 53.6 Å². The van der Waals surface area contributed by atoms with E-state index in [9.17, 15) is 13.2 Å². The van der Waals surface area contributed by atoms with Crippen molar-refractivity contribution in [2.45, 2.75) is 11.3 Å². The Balaban J connectivity index is 1.93. The zero-order valence-electron chi connectivity index (χ0n) is 15.4. The van der Waals surface area contributed by atoms with Gasteiger partial charge in [-0.15, -0.1) is 0 Å². The average molecular weight is 404 g/mol. The number of hydroxylamine groups is 1. The number of anilines is 1. The molecule has 0 saturated heterocycles. The van der Waals surface area contributed by atoms with Crippen molar-refractivity contribution in [3.63, 3.8) is 0 Å². The molecule has 0 radical (unpaired) electrons. The van der Waals surface area contributed by atoms with E-state index in [2.05, 4.69) is 0 Å². The van der Waals surface area contributed by atoms with E-state index in [1.807, 2.05) is 6.07 Å². The SMILES string of the molecule is COc1ccc(S(=O)(=O)N2CCc3cc(/C=C/C(=O)NO)ccc32)cc1OC. The van der Waals surface area contributed by atoms with Gasteiger partial charge < -0.3 is 9.47 Å². The summed E-state index contributed by atoms with van der Waals surface area (Å²) in [5.41, 5.74) is 3.70. The number of methoxy groups -OCH3 is 2. The lowest BCUT2D eigenvalue weighted by Crippen LogP contribution is -2.29. The standard InChI is InChI=1S/C19H20N2O6S/c1-26-17-7-5-15(12-18(17)27-2)28(24,25)21-10-9-14-11-13(3-6-16(14)21)4-8-19(22)20-23/h3-8,11-12,23H,9-10H2,1-2H3,(H,20,22)/b8-4+. The Morgan fingerprint density at radius 2 is 1.89 bits per heavy atom. The minimum absolute atomic E-state index is 0.113. The number of ether oxygens (including phenoxy) is 2. The smallest absolute Gasteiger partial charge is 0.267 e. The van der Waals surface area contributed by atoms with E-state index in [4.69, 9.17) is 14.7 Å². The van der Waals surface area contributed by atoms with Gasteiger partial charge in [-0.1, -0.05) is 6.07 Å². The summed E-state index contributed by atoms with van der Waals surface area (Å²) in [6, 6.07) is 9.72. The molecule has 8 nitrogen and oxygen atoms in total. The Kier molecular flexibility index (Phi) is 5.57. The highest BCUT2D eigenvalue weighted by Crippen LogP contribution is 2.36. The third-order valence-corrected chi connectivity index (χ3v) is 6.25. The Morgan fingerprint density at radius 3 is 2.57 bits per heavy atom. The highest BCUT2D eigenvalue weighted by atomic mass is 32.2. The first-order valence-electron chi connectivity index (χ1n) is 8.40. The monoisotopic (exact) mass is 404 g/mol. The zero-order chi connectivity index (χ0) is 20.3. The van der Waals surface area contributed by atoms with Crippen molar-refractivity contribution in [1.29, 1.82) is 0 Å². The molecule has 148 valence electrons. The fourth-order valence-corrected chi connectivity index (χ4v) is 4.58. The summed E-state index contributed by atoms with van der Waals surface area (Å²) in [7, 11) is -0.835. The lowest BCUT2D eigenvalue weighted by molar-refractivity contribution is -0.124. The maximum atomic E-state index is 13.1. The number of amides is 1. The molecule has 0 aromatic heterocycles. The molecule has 0 unspecified atom stereocenters. The van der Waals surface area contributed by atoms with Gasteiger partial charge in [0.15, 0.2) is 11.5 Å². The van der Waals surface area contributed by atoms with Crippen LogP contribution in [0.15, 0.2) is 47.4 Å². The molecule has 28 heavy (non-hydrogen) atoms. The maximum absolute atomic E-state index is 13.1. The molecule has 0 atom stereocenters. The van der Waals surface area contributed by atoms with Crippen LogP contribution in [-0.2, 0) is 21.2 Å². The molecule has 1 aliphatic rings. The highest BCUT2D eigenvalue weighted by molar-refractivity contribution is 7.92. The average Bonchev–Trinajstić information content (AvgIpc) is 3.15. The zero-order valence-corrected chi connectivity index (χ0v) is 16.2. The normalized spacial score (nSPS) is 13.5. The molecular formula is C19H20N2O6S. The predicted molar refractivity (Wildman–Crippen MR) is 103 cm³/mol. The molecule has 1 heterocycles. The first-order chi connectivity index (χ1) is 13.4. The van der Waals surface area contributed by atoms with Crippen molar-refractivity contribution >= 4 is 27.7 Å². The van der Waals surface area contributed by atoms with E-state index in [0.29, 0.717) is 30.2 Å². The summed E-state index contributed by atoms with van der Waals surface area (Å²) in [4.78, 5) is 11.2. The van der Waals surface area contributed by atoms with Crippen LogP contribution in [0.2, 0.25) is 0 Å². The predicted octanol–water partition coefficient (Wildman–Crippen LogP) is 1.97. The Hall–Kier alpha value is -3.04. The Labute approximate surface area is 163 Å². The first kappa shape index (κ1) is 19.7. The molecule has 3 rings (SSSR count). The molecule has 0 fully saturated rings. The van der Waals surface area contributed by atoms with Crippen LogP contribution in [0.4, 0.5) is 5.69 Å². The number of nitrogens with zero attached hydrogens (tertiary/aromatic N) is 1. The summed E-state index contributed by atoms with van der Waals surface area (Å²) < 4.78 is 38.0. The van der Waals surface area contributed by atoms with Gasteiger partial charge in [-0.3, -0.25) is 14.3 Å². The Morgan fingerprint density at radius 1 is 1.14 bits per heavy atom. The van der Waals surface area contributed by atoms with Crippen LogP contribution >= 0.6 is 0 Å². The van der Waals surface area contributed by atoms with Gasteiger partial charge in [0.25, 0.3) is 15.9 Å². The van der Waals surface area contributed by atoms with Gasteiger partial charge in [-0.2, -0.15) is 0 Å². The number of carbonyl (C=O) groups is 1. The number of carbonyl (C=O) groups excluding carboxylic acids is 1. The van der Waals surface area contributed by atoms with Crippen molar-refractivity contribution in [3.8, 4) is 11.5 Å². The van der Waals surface area contributed by atoms with Crippen LogP contribution in [0.5, 0.6) is 11.5 Å². The quantitative estimate of drug-likeness (QED) is 0.433. The van der Waals surface area contributed by atoms with Crippen molar-refractivity contribution < 1.29 is 27.9 Å². The number of sulfonamides is 1. The maximum Gasteiger partial charge on any atom is 0.267 e. The van der Waals surface area contributed by atoms with Crippen LogP contribution < -0.4 is 19.3 Å². The van der Waals surface area contributed by atoms with Crippen LogP contribution in [0.25, 0.3) is 6.08 Å². The Bertz CT molecular complexity index is 1030. The van der Waals surface area contributed by atoms with Crippen LogP contribution in [-0.4, -0.2) is 40.3 Å². The number of rotatable bonds is 6. The van der Waals surface area contributed by atoms with Crippen molar-refractivity contribution in [2.75, 3.05) is 25.1 Å². The summed E-state index contributed by atoms with van der Waals surface area (Å²) in [5.74, 6) is 0.149. The van der Waals surface area contributed by atoms with Crippen LogP contribution in [0.1, 0.15) is 11.1 Å². The molecular weight excluding hydrogens is 384 g/mol. The number of hydrogen-bond acceptors (Lipinski definition) is 6. The largest absolute Gasteiger partial charge is 0.493 e. The van der Waals surface area contributed by atoms with Gasteiger partial charge in [-0.25, -0.2) is 13.9 Å². The van der Waals surface area contributed by atoms with Crippen LogP contribution in [0, 0.1) is 0 Å². The fraction of sp³-hybridized carbons (Fsp3) is 0.211. The number of benzene rings is 2. The lowest BCUT2D eigenvalue weighted by Gasteiger charge is -2.20. The fourth-order valence-electron chi connectivity index (χ4n) is 3.06. The number of hydrogen-bond donors (Lipinski definition) is 2. The minimum Gasteiger partial charge on any atom is -0.493 e. The summed E-state index contributed by atoms with van der Waals surface area (Å²) in [5, 5.41) is 8.53. The molecule has 2 aromatic carbocycles. The molecule has 2 aromatic rings. The second kappa shape index (κ2) is 7.91. The third kappa shape index (κ3) is 3.67. The molecule has 0 saturated carbocycles. The molecule has 0 spiro atoms. The summed E-state index contributed by atoms with van der Waals surface area (Å²) in [6.07, 6.45) is 3.28. The van der Waals surface area contributed by atoms with Crippen molar-refractivity contribution in [2.24, 2.45) is 0 Å². The van der Waals surface area contributed by atoms with E-state index in [0.717, 1.165) is 11.1 Å². The topological polar surface area (TPSA) is 105 Å². The first-order valence-corrected chi connectivity index (χ1v) is 9.84. The minimum atomic E-state index is -3.77. The van der Waals surface area contributed by atoms with Gasteiger partial charge in [0, 0.05) is 18.7 Å². The van der Waals surface area contributed by atoms with Gasteiger partial charge in [0.05, 0.1) is 24.8 Å². The van der Waals surface area contributed by atoms with Crippen molar-refractivity contribution in [1.82, 2.24) is 5.48 Å². The molecule has 9 heteroatoms. The van der Waals surface area contributed by atoms with E-state index in [1.54, 1.807) is 18.2 Å². The molecule has 1 amide bonds. The summed E-state index contributed by atoms with van der Waals surface area (Å²) >= 11 is 0. The molecule has 2 N–H and O–H groups in total. The van der Waals surface area contributed by atoms with E-state index < -0.39 is 15.9 Å². The second-order valence-electron chi connectivity index (χ2n) is 6.04. The molecule has 0 bridgehead atoms. The van der Waals surface area contributed by atoms with Gasteiger partial charge in [-0.05, 0) is 47.9 Å². The molecule has 1 aliphatic heterocycles. The van der Waals surface area contributed by atoms with Gasteiger partial charge in [0.2, 0.25) is 0 Å². The van der Waals surface area contributed by atoms with Gasteiger partial charge >= 0.3 is 0 Å². The lowest BCUT2D eigenvalue weighted by atomic mass is 10.1. The third-order valence-electron chi connectivity index (χ3n) is 4.44. The highest BCUT2D eigenvalue weighted by Gasteiger charge is 2.31. The second-order valence-corrected chi connectivity index (χ2v) is 7.90. The number of fused-ring (bicyclic) bond motifs is 1.